The van der Waals surface area contributed by atoms with Gasteiger partial charge < -0.3 is 15.0 Å². The lowest BCUT2D eigenvalue weighted by Gasteiger charge is -2.08. The molecule has 0 saturated heterocycles. The van der Waals surface area contributed by atoms with Crippen molar-refractivity contribution in [2.45, 2.75) is 20.3 Å². The van der Waals surface area contributed by atoms with Gasteiger partial charge in [0.2, 0.25) is 0 Å². The quantitative estimate of drug-likeness (QED) is 0.389. The standard InChI is InChI=1S/C21H22N2O3/c1-14-7-5-8-16(13-14)26-12-6-11-22-21(25)20(24)19-15(2)23-18-10-4-3-9-17(18)19/h3-5,7-10,13,23H,6,11-12H2,1-2H3,(H,22,25). The Hall–Kier alpha value is -3.08. The monoisotopic (exact) mass is 350 g/mol. The Kier molecular flexibility index (Phi) is 5.37. The summed E-state index contributed by atoms with van der Waals surface area (Å²) in [6, 6.07) is 15.3. The third-order valence-corrected chi connectivity index (χ3v) is 4.19. The van der Waals surface area contributed by atoms with Gasteiger partial charge in [0.05, 0.1) is 12.2 Å². The van der Waals surface area contributed by atoms with Crippen LogP contribution in [0.5, 0.6) is 5.75 Å². The van der Waals surface area contributed by atoms with Gasteiger partial charge >= 0.3 is 0 Å². The molecule has 3 rings (SSSR count). The van der Waals surface area contributed by atoms with Crippen molar-refractivity contribution < 1.29 is 14.3 Å². The first-order valence-electron chi connectivity index (χ1n) is 8.65. The lowest BCUT2D eigenvalue weighted by atomic mass is 10.1. The van der Waals surface area contributed by atoms with Crippen LogP contribution in [0, 0.1) is 13.8 Å². The number of para-hydroxylation sites is 1. The summed E-state index contributed by atoms with van der Waals surface area (Å²) in [4.78, 5) is 27.8. The first-order chi connectivity index (χ1) is 12.6. The minimum Gasteiger partial charge on any atom is -0.494 e. The number of aryl methyl sites for hydroxylation is 2. The predicted molar refractivity (Wildman–Crippen MR) is 102 cm³/mol. The summed E-state index contributed by atoms with van der Waals surface area (Å²) >= 11 is 0. The number of nitrogens with one attached hydrogen (secondary N) is 2. The van der Waals surface area contributed by atoms with Crippen molar-refractivity contribution in [2.75, 3.05) is 13.2 Å². The highest BCUT2D eigenvalue weighted by Gasteiger charge is 2.22. The lowest BCUT2D eigenvalue weighted by Crippen LogP contribution is -2.32. The van der Waals surface area contributed by atoms with Gasteiger partial charge in [0.1, 0.15) is 5.75 Å². The Morgan fingerprint density at radius 2 is 1.88 bits per heavy atom. The Morgan fingerprint density at radius 1 is 1.08 bits per heavy atom. The largest absolute Gasteiger partial charge is 0.494 e. The Balaban J connectivity index is 1.51. The van der Waals surface area contributed by atoms with Gasteiger partial charge in [-0.15, -0.1) is 0 Å². The van der Waals surface area contributed by atoms with Crippen molar-refractivity contribution in [1.29, 1.82) is 0 Å². The zero-order valence-corrected chi connectivity index (χ0v) is 15.0. The summed E-state index contributed by atoms with van der Waals surface area (Å²) in [6.45, 7) is 4.67. The fraction of sp³-hybridized carbons (Fsp3) is 0.238. The van der Waals surface area contributed by atoms with Crippen LogP contribution in [-0.2, 0) is 4.79 Å². The molecule has 0 unspecified atom stereocenters. The third kappa shape index (κ3) is 3.94. The first-order valence-corrected chi connectivity index (χ1v) is 8.65. The number of aromatic amines is 1. The molecule has 0 saturated carbocycles. The van der Waals surface area contributed by atoms with E-state index in [9.17, 15) is 9.59 Å². The van der Waals surface area contributed by atoms with Crippen molar-refractivity contribution in [1.82, 2.24) is 10.3 Å². The molecule has 0 radical (unpaired) electrons. The van der Waals surface area contributed by atoms with Gasteiger partial charge in [0.25, 0.3) is 11.7 Å². The molecule has 134 valence electrons. The number of hydrogen-bond donors (Lipinski definition) is 2. The van der Waals surface area contributed by atoms with Crippen molar-refractivity contribution in [2.24, 2.45) is 0 Å². The van der Waals surface area contributed by atoms with E-state index in [-0.39, 0.29) is 0 Å². The molecule has 1 aromatic heterocycles. The first kappa shape index (κ1) is 17.7. The molecule has 0 aliphatic rings. The summed E-state index contributed by atoms with van der Waals surface area (Å²) in [5.74, 6) is -0.296. The summed E-state index contributed by atoms with van der Waals surface area (Å²) in [5.41, 5.74) is 3.13. The van der Waals surface area contributed by atoms with Crippen LogP contribution in [0.15, 0.2) is 48.5 Å². The van der Waals surface area contributed by atoms with Crippen LogP contribution >= 0.6 is 0 Å². The number of rotatable bonds is 7. The van der Waals surface area contributed by atoms with Crippen LogP contribution in [0.1, 0.15) is 28.0 Å². The van der Waals surface area contributed by atoms with Gasteiger partial charge in [0.15, 0.2) is 0 Å². The molecule has 5 heteroatoms. The summed E-state index contributed by atoms with van der Waals surface area (Å²) in [7, 11) is 0. The molecule has 0 spiro atoms. The summed E-state index contributed by atoms with van der Waals surface area (Å²) < 4.78 is 5.64. The van der Waals surface area contributed by atoms with Crippen molar-refractivity contribution in [3.63, 3.8) is 0 Å². The van der Waals surface area contributed by atoms with Gasteiger partial charge in [-0.25, -0.2) is 0 Å². The van der Waals surface area contributed by atoms with Gasteiger partial charge in [-0.1, -0.05) is 30.3 Å². The molecule has 0 aliphatic heterocycles. The van der Waals surface area contributed by atoms with E-state index in [2.05, 4.69) is 10.3 Å². The van der Waals surface area contributed by atoms with Crippen LogP contribution in [0.2, 0.25) is 0 Å². The summed E-state index contributed by atoms with van der Waals surface area (Å²) in [5, 5.41) is 3.45. The fourth-order valence-corrected chi connectivity index (χ4v) is 2.93. The molecule has 0 bridgehead atoms. The molecule has 1 heterocycles. The van der Waals surface area contributed by atoms with E-state index >= 15 is 0 Å². The number of benzene rings is 2. The smallest absolute Gasteiger partial charge is 0.292 e. The number of fused-ring (bicyclic) bond motifs is 1. The molecular formula is C21H22N2O3. The second-order valence-corrected chi connectivity index (χ2v) is 6.27. The highest BCUT2D eigenvalue weighted by molar-refractivity contribution is 6.45. The van der Waals surface area contributed by atoms with Crippen LogP contribution in [-0.4, -0.2) is 29.8 Å². The molecular weight excluding hydrogens is 328 g/mol. The molecule has 0 fully saturated rings. The van der Waals surface area contributed by atoms with Gasteiger partial charge in [-0.05, 0) is 44.0 Å². The van der Waals surface area contributed by atoms with Crippen LogP contribution in [0.4, 0.5) is 0 Å². The summed E-state index contributed by atoms with van der Waals surface area (Å²) in [6.07, 6.45) is 0.625. The minimum atomic E-state index is -0.589. The minimum absolute atomic E-state index is 0.387. The highest BCUT2D eigenvalue weighted by atomic mass is 16.5. The molecule has 5 nitrogen and oxygen atoms in total. The van der Waals surface area contributed by atoms with Crippen LogP contribution < -0.4 is 10.1 Å². The number of amides is 1. The fourth-order valence-electron chi connectivity index (χ4n) is 2.93. The Labute approximate surface area is 152 Å². The zero-order chi connectivity index (χ0) is 18.5. The van der Waals surface area contributed by atoms with E-state index in [0.717, 1.165) is 22.2 Å². The molecule has 26 heavy (non-hydrogen) atoms. The van der Waals surface area contributed by atoms with Gasteiger partial charge in [0, 0.05) is 23.1 Å². The van der Waals surface area contributed by atoms with E-state index in [0.29, 0.717) is 30.8 Å². The number of ether oxygens (including phenoxy) is 1. The van der Waals surface area contributed by atoms with Gasteiger partial charge in [-0.2, -0.15) is 0 Å². The molecule has 2 aromatic carbocycles. The second kappa shape index (κ2) is 7.87. The number of ketones is 1. The van der Waals surface area contributed by atoms with E-state index in [1.165, 1.54) is 0 Å². The van der Waals surface area contributed by atoms with E-state index in [4.69, 9.17) is 4.74 Å². The number of carbonyl (C=O) groups excluding carboxylic acids is 2. The van der Waals surface area contributed by atoms with Crippen molar-refractivity contribution in [3.8, 4) is 5.75 Å². The molecule has 2 N–H and O–H groups in total. The number of aromatic nitrogens is 1. The maximum atomic E-state index is 12.5. The van der Waals surface area contributed by atoms with Crippen LogP contribution in [0.25, 0.3) is 10.9 Å². The topological polar surface area (TPSA) is 71.2 Å². The number of hydrogen-bond acceptors (Lipinski definition) is 3. The average Bonchev–Trinajstić information content (AvgIpc) is 2.96. The second-order valence-electron chi connectivity index (χ2n) is 6.27. The lowest BCUT2D eigenvalue weighted by molar-refractivity contribution is -0.117. The number of Topliss-reactive ketones (excluding diaryl/α,β-unsaturated/α-hetero) is 1. The average molecular weight is 350 g/mol. The maximum Gasteiger partial charge on any atom is 0.292 e. The highest BCUT2D eigenvalue weighted by Crippen LogP contribution is 2.22. The van der Waals surface area contributed by atoms with Gasteiger partial charge in [-0.3, -0.25) is 9.59 Å². The Bertz CT molecular complexity index is 943. The SMILES string of the molecule is Cc1cccc(OCCCNC(=O)C(=O)c2c(C)[nH]c3ccccc23)c1. The van der Waals surface area contributed by atoms with E-state index < -0.39 is 11.7 Å². The van der Waals surface area contributed by atoms with Crippen molar-refractivity contribution in [3.05, 3.63) is 65.4 Å². The predicted octanol–water partition coefficient (Wildman–Crippen LogP) is 3.55. The van der Waals surface area contributed by atoms with E-state index in [1.807, 2.05) is 55.5 Å². The third-order valence-electron chi connectivity index (χ3n) is 4.19. The molecule has 3 aromatic rings. The Morgan fingerprint density at radius 3 is 2.69 bits per heavy atom. The number of carbonyl (C=O) groups is 2. The molecule has 1 amide bonds. The molecule has 0 atom stereocenters. The normalized spacial score (nSPS) is 10.7. The van der Waals surface area contributed by atoms with Crippen LogP contribution in [0.3, 0.4) is 0 Å². The number of H-pyrrole nitrogens is 1. The zero-order valence-electron chi connectivity index (χ0n) is 15.0. The maximum absolute atomic E-state index is 12.5. The molecule has 0 aliphatic carbocycles. The van der Waals surface area contributed by atoms with Crippen molar-refractivity contribution >= 4 is 22.6 Å². The van der Waals surface area contributed by atoms with E-state index in [1.54, 1.807) is 6.92 Å².